The molecule has 0 saturated carbocycles. The van der Waals surface area contributed by atoms with Crippen molar-refractivity contribution in [3.63, 3.8) is 0 Å². The number of imidazole rings is 1. The summed E-state index contributed by atoms with van der Waals surface area (Å²) in [4.78, 5) is 6.69. The zero-order valence-corrected chi connectivity index (χ0v) is 13.5. The van der Waals surface area contributed by atoms with E-state index in [9.17, 15) is 0 Å². The van der Waals surface area contributed by atoms with Gasteiger partial charge in [-0.15, -0.1) is 37.2 Å². The number of benzene rings is 1. The van der Waals surface area contributed by atoms with E-state index in [0.717, 1.165) is 24.4 Å². The van der Waals surface area contributed by atoms with Crippen molar-refractivity contribution in [1.29, 1.82) is 0 Å². The molecule has 7 heteroatoms. The molecule has 2 N–H and O–H groups in total. The zero-order chi connectivity index (χ0) is 11.5. The fourth-order valence-electron chi connectivity index (χ4n) is 1.83. The van der Waals surface area contributed by atoms with Gasteiger partial charge in [-0.2, -0.15) is 0 Å². The molecule has 4 nitrogen and oxygen atoms in total. The predicted octanol–water partition coefficient (Wildman–Crippen LogP) is 2.32. The summed E-state index contributed by atoms with van der Waals surface area (Å²) in [6.45, 7) is 2.41. The van der Waals surface area contributed by atoms with E-state index in [1.165, 1.54) is 5.52 Å². The monoisotopic (exact) mass is 326 g/mol. The van der Waals surface area contributed by atoms with E-state index in [1.54, 1.807) is 0 Å². The van der Waals surface area contributed by atoms with Crippen molar-refractivity contribution in [1.82, 2.24) is 14.5 Å². The lowest BCUT2D eigenvalue weighted by molar-refractivity contribution is 0.383. The number of para-hydroxylation sites is 2. The third kappa shape index (κ3) is 4.82. The molecular weight excluding hydrogens is 307 g/mol. The molecule has 19 heavy (non-hydrogen) atoms. The Kier molecular flexibility index (Phi) is 10.3. The highest BCUT2D eigenvalue weighted by Gasteiger charge is 2.08. The first-order chi connectivity index (χ1) is 7.72. The topological polar surface area (TPSA) is 47.1 Å². The third-order valence-electron chi connectivity index (χ3n) is 2.69. The molecule has 0 fully saturated rings. The summed E-state index contributed by atoms with van der Waals surface area (Å²) in [5, 5.41) is 0. The minimum Gasteiger partial charge on any atom is -0.326 e. The standard InChI is InChI=1S/C12H18N4.3ClH/c1-15(2)7-8-16-11-6-4-3-5-10(11)14-12(16)9-13;;;/h3-6H,7-9,13H2,1-2H3;3*1H. The SMILES string of the molecule is CN(C)CCn1c(CN)nc2ccccc21.Cl.Cl.Cl. The minimum atomic E-state index is 0. The van der Waals surface area contributed by atoms with Crippen LogP contribution < -0.4 is 5.73 Å². The second-order valence-corrected chi connectivity index (χ2v) is 4.18. The fraction of sp³-hybridized carbons (Fsp3) is 0.417. The maximum Gasteiger partial charge on any atom is 0.123 e. The van der Waals surface area contributed by atoms with E-state index in [-0.39, 0.29) is 37.2 Å². The number of likely N-dealkylation sites (N-methyl/N-ethyl adjacent to an activating group) is 1. The smallest absolute Gasteiger partial charge is 0.123 e. The lowest BCUT2D eigenvalue weighted by Crippen LogP contribution is -2.20. The van der Waals surface area contributed by atoms with Gasteiger partial charge < -0.3 is 15.2 Å². The molecule has 1 aromatic heterocycles. The van der Waals surface area contributed by atoms with Crippen molar-refractivity contribution in [2.24, 2.45) is 5.73 Å². The Morgan fingerprint density at radius 1 is 1.16 bits per heavy atom. The molecule has 110 valence electrons. The molecular formula is C12H21Cl3N4. The van der Waals surface area contributed by atoms with Gasteiger partial charge >= 0.3 is 0 Å². The molecule has 0 aliphatic heterocycles. The van der Waals surface area contributed by atoms with Crippen molar-refractivity contribution in [3.05, 3.63) is 30.1 Å². The summed E-state index contributed by atoms with van der Waals surface area (Å²) in [6, 6.07) is 8.17. The molecule has 0 radical (unpaired) electrons. The van der Waals surface area contributed by atoms with Crippen molar-refractivity contribution < 1.29 is 0 Å². The van der Waals surface area contributed by atoms with Crippen LogP contribution in [0.5, 0.6) is 0 Å². The quantitative estimate of drug-likeness (QED) is 0.937. The number of hydrogen-bond acceptors (Lipinski definition) is 3. The van der Waals surface area contributed by atoms with Gasteiger partial charge in [0.15, 0.2) is 0 Å². The Labute approximate surface area is 132 Å². The van der Waals surface area contributed by atoms with Crippen LogP contribution in [-0.2, 0) is 13.1 Å². The van der Waals surface area contributed by atoms with Gasteiger partial charge in [-0.1, -0.05) is 12.1 Å². The highest BCUT2D eigenvalue weighted by molar-refractivity contribution is 5.86. The van der Waals surface area contributed by atoms with E-state index in [2.05, 4.69) is 34.6 Å². The average Bonchev–Trinajstić information content (AvgIpc) is 2.64. The second kappa shape index (κ2) is 9.39. The Morgan fingerprint density at radius 2 is 1.79 bits per heavy atom. The van der Waals surface area contributed by atoms with Crippen molar-refractivity contribution in [3.8, 4) is 0 Å². The summed E-state index contributed by atoms with van der Waals surface area (Å²) < 4.78 is 2.20. The van der Waals surface area contributed by atoms with Crippen LogP contribution in [0.3, 0.4) is 0 Å². The van der Waals surface area contributed by atoms with Crippen LogP contribution in [0.2, 0.25) is 0 Å². The number of rotatable bonds is 4. The van der Waals surface area contributed by atoms with Crippen LogP contribution in [0.4, 0.5) is 0 Å². The average molecular weight is 328 g/mol. The molecule has 0 saturated heterocycles. The Balaban J connectivity index is 0. The Morgan fingerprint density at radius 3 is 2.37 bits per heavy atom. The van der Waals surface area contributed by atoms with Gasteiger partial charge in [0, 0.05) is 13.1 Å². The number of halogens is 3. The van der Waals surface area contributed by atoms with Crippen LogP contribution in [0.25, 0.3) is 11.0 Å². The highest BCUT2D eigenvalue weighted by atomic mass is 35.5. The summed E-state index contributed by atoms with van der Waals surface area (Å²) in [6.07, 6.45) is 0. The van der Waals surface area contributed by atoms with E-state index >= 15 is 0 Å². The van der Waals surface area contributed by atoms with Crippen LogP contribution in [0.15, 0.2) is 24.3 Å². The van der Waals surface area contributed by atoms with E-state index in [0.29, 0.717) is 6.54 Å². The van der Waals surface area contributed by atoms with E-state index in [4.69, 9.17) is 5.73 Å². The summed E-state index contributed by atoms with van der Waals surface area (Å²) in [5.74, 6) is 0.961. The molecule has 1 heterocycles. The van der Waals surface area contributed by atoms with Gasteiger partial charge in [-0.25, -0.2) is 4.98 Å². The number of nitrogens with zero attached hydrogens (tertiary/aromatic N) is 3. The first kappa shape index (κ1) is 20.8. The number of nitrogens with two attached hydrogens (primary N) is 1. The Bertz CT molecular complexity index is 485. The summed E-state index contributed by atoms with van der Waals surface area (Å²) >= 11 is 0. The van der Waals surface area contributed by atoms with E-state index < -0.39 is 0 Å². The lowest BCUT2D eigenvalue weighted by Gasteiger charge is -2.12. The minimum absolute atomic E-state index is 0. The predicted molar refractivity (Wildman–Crippen MR) is 87.9 cm³/mol. The number of hydrogen-bond donors (Lipinski definition) is 1. The molecule has 0 atom stereocenters. The van der Waals surface area contributed by atoms with Gasteiger partial charge in [0.05, 0.1) is 17.6 Å². The largest absolute Gasteiger partial charge is 0.326 e. The van der Waals surface area contributed by atoms with Gasteiger partial charge in [-0.05, 0) is 26.2 Å². The van der Waals surface area contributed by atoms with Crippen LogP contribution in [0.1, 0.15) is 5.82 Å². The van der Waals surface area contributed by atoms with Gasteiger partial charge in [0.1, 0.15) is 5.82 Å². The molecule has 0 aliphatic carbocycles. The van der Waals surface area contributed by atoms with Crippen LogP contribution in [-0.4, -0.2) is 35.1 Å². The normalized spacial score (nSPS) is 9.68. The first-order valence-corrected chi connectivity index (χ1v) is 5.51. The first-order valence-electron chi connectivity index (χ1n) is 5.51. The van der Waals surface area contributed by atoms with Crippen LogP contribution in [0, 0.1) is 0 Å². The van der Waals surface area contributed by atoms with Crippen molar-refractivity contribution >= 4 is 48.3 Å². The van der Waals surface area contributed by atoms with E-state index in [1.807, 2.05) is 18.2 Å². The molecule has 2 rings (SSSR count). The molecule has 0 bridgehead atoms. The number of fused-ring (bicyclic) bond motifs is 1. The molecule has 0 aliphatic rings. The van der Waals surface area contributed by atoms with Gasteiger partial charge in [0.25, 0.3) is 0 Å². The van der Waals surface area contributed by atoms with Crippen molar-refractivity contribution in [2.75, 3.05) is 20.6 Å². The molecule has 2 aromatic rings. The number of aromatic nitrogens is 2. The molecule has 0 unspecified atom stereocenters. The maximum absolute atomic E-state index is 5.72. The third-order valence-corrected chi connectivity index (χ3v) is 2.69. The second-order valence-electron chi connectivity index (χ2n) is 4.18. The summed E-state index contributed by atoms with van der Waals surface area (Å²) in [7, 11) is 4.14. The molecule has 0 spiro atoms. The highest BCUT2D eigenvalue weighted by Crippen LogP contribution is 2.15. The molecule has 0 amide bonds. The zero-order valence-electron chi connectivity index (χ0n) is 11.1. The Hall–Kier alpha value is -0.520. The fourth-order valence-corrected chi connectivity index (χ4v) is 1.83. The van der Waals surface area contributed by atoms with Crippen LogP contribution >= 0.6 is 37.2 Å². The van der Waals surface area contributed by atoms with Gasteiger partial charge in [-0.3, -0.25) is 0 Å². The summed E-state index contributed by atoms with van der Waals surface area (Å²) in [5.41, 5.74) is 7.92. The molecule has 1 aromatic carbocycles. The van der Waals surface area contributed by atoms with Crippen molar-refractivity contribution in [2.45, 2.75) is 13.1 Å². The van der Waals surface area contributed by atoms with Gasteiger partial charge in [0.2, 0.25) is 0 Å². The maximum atomic E-state index is 5.72. The lowest BCUT2D eigenvalue weighted by atomic mass is 10.3.